The highest BCUT2D eigenvalue weighted by atomic mass is 14.8. The predicted molar refractivity (Wildman–Crippen MR) is 51.6 cm³/mol. The molecular weight excluding hydrogens is 148 g/mol. The van der Waals surface area contributed by atoms with E-state index in [2.05, 4.69) is 0 Å². The van der Waals surface area contributed by atoms with Gasteiger partial charge >= 0.3 is 0 Å². The first-order chi connectivity index (χ1) is 5.52. The molecule has 12 heavy (non-hydrogen) atoms. The SMILES string of the molecule is CC(C)(N)C(N)c1ccccc1. The lowest BCUT2D eigenvalue weighted by molar-refractivity contribution is 0.420. The van der Waals surface area contributed by atoms with E-state index in [1.54, 1.807) is 0 Å². The topological polar surface area (TPSA) is 52.0 Å². The molecule has 0 heterocycles. The van der Waals surface area contributed by atoms with Crippen molar-refractivity contribution in [3.05, 3.63) is 35.9 Å². The van der Waals surface area contributed by atoms with Crippen molar-refractivity contribution in [3.8, 4) is 0 Å². The molecule has 0 aliphatic rings. The number of hydrogen-bond donors (Lipinski definition) is 2. The normalized spacial score (nSPS) is 14.3. The quantitative estimate of drug-likeness (QED) is 0.694. The van der Waals surface area contributed by atoms with Gasteiger partial charge in [0.1, 0.15) is 0 Å². The lowest BCUT2D eigenvalue weighted by atomic mass is 9.91. The molecule has 1 unspecified atom stereocenters. The number of nitrogens with two attached hydrogens (primary N) is 2. The van der Waals surface area contributed by atoms with E-state index in [0.29, 0.717) is 0 Å². The van der Waals surface area contributed by atoms with Gasteiger partial charge in [0, 0.05) is 11.6 Å². The third-order valence-electron chi connectivity index (χ3n) is 1.96. The first kappa shape index (κ1) is 9.23. The number of rotatable bonds is 2. The second-order valence-electron chi connectivity index (χ2n) is 3.71. The lowest BCUT2D eigenvalue weighted by Gasteiger charge is -2.27. The molecular formula is C10H16N2. The Morgan fingerprint density at radius 1 is 1.17 bits per heavy atom. The predicted octanol–water partition coefficient (Wildman–Crippen LogP) is 1.42. The van der Waals surface area contributed by atoms with Crippen LogP contribution in [0.1, 0.15) is 25.5 Å². The molecule has 0 aromatic heterocycles. The van der Waals surface area contributed by atoms with Gasteiger partial charge in [0.2, 0.25) is 0 Å². The van der Waals surface area contributed by atoms with Crippen LogP contribution in [-0.4, -0.2) is 5.54 Å². The molecule has 1 rings (SSSR count). The third-order valence-corrected chi connectivity index (χ3v) is 1.96. The van der Waals surface area contributed by atoms with Gasteiger partial charge in [0.15, 0.2) is 0 Å². The highest BCUT2D eigenvalue weighted by Crippen LogP contribution is 2.19. The largest absolute Gasteiger partial charge is 0.324 e. The van der Waals surface area contributed by atoms with Crippen LogP contribution in [-0.2, 0) is 0 Å². The zero-order valence-electron chi connectivity index (χ0n) is 7.62. The van der Waals surface area contributed by atoms with Crippen molar-refractivity contribution in [1.29, 1.82) is 0 Å². The van der Waals surface area contributed by atoms with Gasteiger partial charge in [0.25, 0.3) is 0 Å². The Balaban J connectivity index is 2.86. The smallest absolute Gasteiger partial charge is 0.0472 e. The van der Waals surface area contributed by atoms with Crippen LogP contribution >= 0.6 is 0 Å². The minimum atomic E-state index is -0.360. The Kier molecular flexibility index (Phi) is 2.50. The molecule has 66 valence electrons. The summed E-state index contributed by atoms with van der Waals surface area (Å²) in [5.74, 6) is 0. The molecule has 0 spiro atoms. The fourth-order valence-corrected chi connectivity index (χ4v) is 1.09. The fraction of sp³-hybridized carbons (Fsp3) is 0.400. The maximum absolute atomic E-state index is 5.95. The van der Waals surface area contributed by atoms with Crippen molar-refractivity contribution in [3.63, 3.8) is 0 Å². The van der Waals surface area contributed by atoms with Crippen molar-refractivity contribution < 1.29 is 0 Å². The summed E-state index contributed by atoms with van der Waals surface area (Å²) < 4.78 is 0. The van der Waals surface area contributed by atoms with Crippen molar-refractivity contribution in [1.82, 2.24) is 0 Å². The Hall–Kier alpha value is -0.860. The van der Waals surface area contributed by atoms with E-state index in [-0.39, 0.29) is 11.6 Å². The molecule has 0 saturated heterocycles. The van der Waals surface area contributed by atoms with Crippen molar-refractivity contribution >= 4 is 0 Å². The van der Waals surface area contributed by atoms with E-state index >= 15 is 0 Å². The molecule has 1 aromatic rings. The zero-order chi connectivity index (χ0) is 9.19. The fourth-order valence-electron chi connectivity index (χ4n) is 1.09. The summed E-state index contributed by atoms with van der Waals surface area (Å²) in [6, 6.07) is 9.82. The van der Waals surface area contributed by atoms with Gasteiger partial charge in [-0.3, -0.25) is 0 Å². The summed E-state index contributed by atoms with van der Waals surface area (Å²) in [5.41, 5.74) is 12.6. The van der Waals surface area contributed by atoms with Gasteiger partial charge in [0.05, 0.1) is 0 Å². The second kappa shape index (κ2) is 3.25. The van der Waals surface area contributed by atoms with E-state index in [9.17, 15) is 0 Å². The van der Waals surface area contributed by atoms with Crippen LogP contribution in [0.5, 0.6) is 0 Å². The van der Waals surface area contributed by atoms with Gasteiger partial charge in [-0.05, 0) is 19.4 Å². The highest BCUT2D eigenvalue weighted by molar-refractivity contribution is 5.21. The molecule has 1 atom stereocenters. The summed E-state index contributed by atoms with van der Waals surface area (Å²) in [6.45, 7) is 3.87. The van der Waals surface area contributed by atoms with Gasteiger partial charge in [-0.15, -0.1) is 0 Å². The molecule has 4 N–H and O–H groups in total. The Morgan fingerprint density at radius 2 is 1.67 bits per heavy atom. The van der Waals surface area contributed by atoms with Gasteiger partial charge in [-0.2, -0.15) is 0 Å². The van der Waals surface area contributed by atoms with Crippen LogP contribution in [0.3, 0.4) is 0 Å². The molecule has 0 saturated carbocycles. The van der Waals surface area contributed by atoms with E-state index in [1.807, 2.05) is 44.2 Å². The molecule has 0 radical (unpaired) electrons. The molecule has 0 fully saturated rings. The molecule has 0 aliphatic carbocycles. The average molecular weight is 164 g/mol. The summed E-state index contributed by atoms with van der Waals surface area (Å²) >= 11 is 0. The van der Waals surface area contributed by atoms with Crippen LogP contribution in [0.4, 0.5) is 0 Å². The van der Waals surface area contributed by atoms with Crippen molar-refractivity contribution in [2.45, 2.75) is 25.4 Å². The summed E-state index contributed by atoms with van der Waals surface area (Å²) in [5, 5.41) is 0. The minimum Gasteiger partial charge on any atom is -0.324 e. The standard InChI is InChI=1S/C10H16N2/c1-10(2,12)9(11)8-6-4-3-5-7-8/h3-7,9H,11-12H2,1-2H3. The molecule has 0 bridgehead atoms. The lowest BCUT2D eigenvalue weighted by Crippen LogP contribution is -2.43. The van der Waals surface area contributed by atoms with Crippen molar-refractivity contribution in [2.75, 3.05) is 0 Å². The van der Waals surface area contributed by atoms with Crippen molar-refractivity contribution in [2.24, 2.45) is 11.5 Å². The zero-order valence-corrected chi connectivity index (χ0v) is 7.62. The Morgan fingerprint density at radius 3 is 2.08 bits per heavy atom. The monoisotopic (exact) mass is 164 g/mol. The Bertz CT molecular complexity index is 236. The first-order valence-corrected chi connectivity index (χ1v) is 4.11. The summed E-state index contributed by atoms with van der Waals surface area (Å²) in [4.78, 5) is 0. The summed E-state index contributed by atoms with van der Waals surface area (Å²) in [7, 11) is 0. The minimum absolute atomic E-state index is 0.0984. The van der Waals surface area contributed by atoms with Crippen LogP contribution in [0.25, 0.3) is 0 Å². The molecule has 1 aromatic carbocycles. The van der Waals surface area contributed by atoms with E-state index in [0.717, 1.165) is 5.56 Å². The van der Waals surface area contributed by atoms with E-state index < -0.39 is 0 Å². The number of benzene rings is 1. The molecule has 2 nitrogen and oxygen atoms in total. The Labute approximate surface area is 73.6 Å². The van der Waals surface area contributed by atoms with Crippen LogP contribution in [0, 0.1) is 0 Å². The van der Waals surface area contributed by atoms with Gasteiger partial charge in [-0.25, -0.2) is 0 Å². The summed E-state index contributed by atoms with van der Waals surface area (Å²) in [6.07, 6.45) is 0. The van der Waals surface area contributed by atoms with Crippen LogP contribution in [0.15, 0.2) is 30.3 Å². The second-order valence-corrected chi connectivity index (χ2v) is 3.71. The van der Waals surface area contributed by atoms with Gasteiger partial charge in [-0.1, -0.05) is 30.3 Å². The maximum Gasteiger partial charge on any atom is 0.0472 e. The molecule has 2 heteroatoms. The van der Waals surface area contributed by atoms with Crippen LogP contribution < -0.4 is 11.5 Å². The van der Waals surface area contributed by atoms with E-state index in [1.165, 1.54) is 0 Å². The number of hydrogen-bond acceptors (Lipinski definition) is 2. The first-order valence-electron chi connectivity index (χ1n) is 4.11. The average Bonchev–Trinajstić information content (AvgIpc) is 2.03. The highest BCUT2D eigenvalue weighted by Gasteiger charge is 2.21. The van der Waals surface area contributed by atoms with Crippen LogP contribution in [0.2, 0.25) is 0 Å². The third kappa shape index (κ3) is 2.06. The molecule has 0 aliphatic heterocycles. The van der Waals surface area contributed by atoms with E-state index in [4.69, 9.17) is 11.5 Å². The molecule has 0 amide bonds. The maximum atomic E-state index is 5.95. The van der Waals surface area contributed by atoms with Gasteiger partial charge < -0.3 is 11.5 Å².